The maximum atomic E-state index is 12.8. The first-order chi connectivity index (χ1) is 9.97. The Morgan fingerprint density at radius 3 is 2.43 bits per heavy atom. The molecule has 2 amide bonds. The van der Waals surface area contributed by atoms with Gasteiger partial charge in [0, 0.05) is 18.8 Å². The Labute approximate surface area is 133 Å². The van der Waals surface area contributed by atoms with E-state index in [0.29, 0.717) is 23.8 Å². The second-order valence-electron chi connectivity index (χ2n) is 4.99. The van der Waals surface area contributed by atoms with Crippen LogP contribution in [0.2, 0.25) is 0 Å². The van der Waals surface area contributed by atoms with Gasteiger partial charge in [0.15, 0.2) is 0 Å². The highest BCUT2D eigenvalue weighted by Crippen LogP contribution is 2.35. The highest BCUT2D eigenvalue weighted by atomic mass is 32.2. The van der Waals surface area contributed by atoms with Crippen molar-refractivity contribution in [3.8, 4) is 0 Å². The fraction of sp³-hybridized carbons (Fsp3) is 0.429. The maximum absolute atomic E-state index is 12.8. The van der Waals surface area contributed by atoms with Crippen LogP contribution in [0.25, 0.3) is 0 Å². The molecule has 1 aliphatic heterocycles. The molecule has 0 aromatic heterocycles. The third-order valence-electron chi connectivity index (χ3n) is 3.79. The van der Waals surface area contributed by atoms with Gasteiger partial charge in [0.2, 0.25) is 0 Å². The Hall–Kier alpha value is -1.34. The second kappa shape index (κ2) is 6.62. The van der Waals surface area contributed by atoms with Crippen molar-refractivity contribution < 1.29 is 9.18 Å². The lowest BCUT2D eigenvalue weighted by molar-refractivity contribution is 0.197. The monoisotopic (exact) mass is 327 g/mol. The number of thioether (sulfide) groups is 1. The lowest BCUT2D eigenvalue weighted by Crippen LogP contribution is -2.51. The van der Waals surface area contributed by atoms with E-state index < -0.39 is 0 Å². The summed E-state index contributed by atoms with van der Waals surface area (Å²) in [6.45, 7) is 1.20. The zero-order valence-electron chi connectivity index (χ0n) is 11.8. The summed E-state index contributed by atoms with van der Waals surface area (Å²) in [6.07, 6.45) is 3.49. The first kappa shape index (κ1) is 16.0. The summed E-state index contributed by atoms with van der Waals surface area (Å²) in [5, 5.41) is 2.76. The number of hydrogen-bond donors (Lipinski definition) is 2. The number of nitrogens with zero attached hydrogens (tertiary/aromatic N) is 1. The average Bonchev–Trinajstić information content (AvgIpc) is 2.49. The third kappa shape index (κ3) is 3.65. The molecule has 114 valence electrons. The topological polar surface area (TPSA) is 58.4 Å². The summed E-state index contributed by atoms with van der Waals surface area (Å²) in [6, 6.07) is 5.53. The predicted octanol–water partition coefficient (Wildman–Crippen LogP) is 2.84. The Balaban J connectivity index is 1.94. The summed E-state index contributed by atoms with van der Waals surface area (Å²) < 4.78 is 12.6. The van der Waals surface area contributed by atoms with Crippen LogP contribution in [-0.2, 0) is 0 Å². The van der Waals surface area contributed by atoms with Gasteiger partial charge in [-0.1, -0.05) is 12.2 Å². The van der Waals surface area contributed by atoms with Crippen LogP contribution in [-0.4, -0.2) is 40.0 Å². The van der Waals surface area contributed by atoms with Gasteiger partial charge in [0.25, 0.3) is 0 Å². The number of thiocarbonyl (C=S) groups is 1. The van der Waals surface area contributed by atoms with Gasteiger partial charge in [-0.25, -0.2) is 9.18 Å². The molecule has 0 unspecified atom stereocenters. The number of amides is 2. The molecule has 0 bridgehead atoms. The molecule has 0 atom stereocenters. The fourth-order valence-electron chi connectivity index (χ4n) is 2.36. The summed E-state index contributed by atoms with van der Waals surface area (Å²) in [7, 11) is 0. The van der Waals surface area contributed by atoms with E-state index in [9.17, 15) is 9.18 Å². The van der Waals surface area contributed by atoms with Crippen molar-refractivity contribution in [2.24, 2.45) is 5.73 Å². The number of urea groups is 1. The molecule has 0 saturated carbocycles. The van der Waals surface area contributed by atoms with Crippen LogP contribution in [0.15, 0.2) is 24.3 Å². The standard InChI is InChI=1S/C14H18FN3OS2/c1-21-14(12(16)20)6-8-18(9-7-14)13(19)17-11-4-2-10(15)3-5-11/h2-5H,6-9H2,1H3,(H2,16,20)(H,17,19). The molecule has 0 spiro atoms. The molecular weight excluding hydrogens is 309 g/mol. The normalized spacial score (nSPS) is 17.3. The van der Waals surface area contributed by atoms with Crippen molar-refractivity contribution in [2.75, 3.05) is 24.7 Å². The van der Waals surface area contributed by atoms with Gasteiger partial charge in [-0.15, -0.1) is 0 Å². The number of carbonyl (C=O) groups is 1. The van der Waals surface area contributed by atoms with Crippen molar-refractivity contribution >= 4 is 40.7 Å². The predicted molar refractivity (Wildman–Crippen MR) is 89.3 cm³/mol. The van der Waals surface area contributed by atoms with Crippen LogP contribution in [0.4, 0.5) is 14.9 Å². The number of likely N-dealkylation sites (tertiary alicyclic amines) is 1. The number of carbonyl (C=O) groups excluding carboxylic acids is 1. The minimum absolute atomic E-state index is 0.181. The molecule has 1 fully saturated rings. The van der Waals surface area contributed by atoms with E-state index in [-0.39, 0.29) is 16.6 Å². The quantitative estimate of drug-likeness (QED) is 0.838. The number of hydrogen-bond acceptors (Lipinski definition) is 3. The Morgan fingerprint density at radius 1 is 1.38 bits per heavy atom. The molecule has 1 aliphatic rings. The largest absolute Gasteiger partial charge is 0.392 e. The lowest BCUT2D eigenvalue weighted by atomic mass is 9.96. The van der Waals surface area contributed by atoms with Crippen LogP contribution in [0.5, 0.6) is 0 Å². The number of nitrogens with two attached hydrogens (primary N) is 1. The van der Waals surface area contributed by atoms with E-state index in [2.05, 4.69) is 5.32 Å². The Bertz CT molecular complexity index is 528. The average molecular weight is 327 g/mol. The van der Waals surface area contributed by atoms with Crippen molar-refractivity contribution in [3.63, 3.8) is 0 Å². The molecule has 21 heavy (non-hydrogen) atoms. The van der Waals surface area contributed by atoms with Gasteiger partial charge in [0.1, 0.15) is 5.82 Å². The number of nitrogens with one attached hydrogen (secondary N) is 1. The zero-order valence-corrected chi connectivity index (χ0v) is 13.4. The van der Waals surface area contributed by atoms with Crippen molar-refractivity contribution in [1.82, 2.24) is 4.90 Å². The van der Waals surface area contributed by atoms with Gasteiger partial charge < -0.3 is 16.0 Å². The Morgan fingerprint density at radius 2 is 1.95 bits per heavy atom. The lowest BCUT2D eigenvalue weighted by Gasteiger charge is -2.39. The molecule has 3 N–H and O–H groups in total. The molecule has 2 rings (SSSR count). The molecule has 1 aromatic rings. The smallest absolute Gasteiger partial charge is 0.321 e. The summed E-state index contributed by atoms with van der Waals surface area (Å²) in [5.74, 6) is -0.327. The van der Waals surface area contributed by atoms with Crippen LogP contribution in [0, 0.1) is 5.82 Å². The summed E-state index contributed by atoms with van der Waals surface area (Å²) >= 11 is 6.81. The van der Waals surface area contributed by atoms with Crippen molar-refractivity contribution in [2.45, 2.75) is 17.6 Å². The van der Waals surface area contributed by atoms with E-state index in [1.165, 1.54) is 12.1 Å². The molecular formula is C14H18FN3OS2. The first-order valence-corrected chi connectivity index (χ1v) is 8.27. The maximum Gasteiger partial charge on any atom is 0.321 e. The van der Waals surface area contributed by atoms with Crippen molar-refractivity contribution in [3.05, 3.63) is 30.1 Å². The van der Waals surface area contributed by atoms with Crippen LogP contribution in [0.1, 0.15) is 12.8 Å². The highest BCUT2D eigenvalue weighted by Gasteiger charge is 2.37. The van der Waals surface area contributed by atoms with E-state index in [0.717, 1.165) is 12.8 Å². The molecule has 1 aromatic carbocycles. The van der Waals surface area contributed by atoms with Gasteiger partial charge in [-0.05, 0) is 43.4 Å². The van der Waals surface area contributed by atoms with Gasteiger partial charge in [-0.3, -0.25) is 0 Å². The molecule has 0 aliphatic carbocycles. The Kier molecular flexibility index (Phi) is 5.05. The van der Waals surface area contributed by atoms with Crippen LogP contribution in [0.3, 0.4) is 0 Å². The van der Waals surface area contributed by atoms with E-state index in [4.69, 9.17) is 18.0 Å². The van der Waals surface area contributed by atoms with Crippen molar-refractivity contribution in [1.29, 1.82) is 0 Å². The number of rotatable bonds is 3. The number of benzene rings is 1. The summed E-state index contributed by atoms with van der Waals surface area (Å²) in [4.78, 5) is 14.4. The van der Waals surface area contributed by atoms with Crippen LogP contribution >= 0.6 is 24.0 Å². The highest BCUT2D eigenvalue weighted by molar-refractivity contribution is 8.02. The van der Waals surface area contributed by atoms with E-state index in [1.54, 1.807) is 28.8 Å². The fourth-order valence-corrected chi connectivity index (χ4v) is 3.60. The van der Waals surface area contributed by atoms with Gasteiger partial charge in [0.05, 0.1) is 9.74 Å². The second-order valence-corrected chi connectivity index (χ2v) is 6.62. The van der Waals surface area contributed by atoms with E-state index in [1.807, 2.05) is 6.26 Å². The minimum atomic E-state index is -0.327. The number of halogens is 1. The third-order valence-corrected chi connectivity index (χ3v) is 5.72. The number of anilines is 1. The molecule has 4 nitrogen and oxygen atoms in total. The summed E-state index contributed by atoms with van der Waals surface area (Å²) in [5.41, 5.74) is 6.41. The van der Waals surface area contributed by atoms with E-state index >= 15 is 0 Å². The SMILES string of the molecule is CSC1(C(N)=S)CCN(C(=O)Nc2ccc(F)cc2)CC1. The molecule has 7 heteroatoms. The minimum Gasteiger partial charge on any atom is -0.392 e. The van der Waals surface area contributed by atoms with Gasteiger partial charge >= 0.3 is 6.03 Å². The molecule has 0 radical (unpaired) electrons. The molecule has 1 heterocycles. The molecule has 1 saturated heterocycles. The zero-order chi connectivity index (χ0) is 15.5. The van der Waals surface area contributed by atoms with Gasteiger partial charge in [-0.2, -0.15) is 11.8 Å². The van der Waals surface area contributed by atoms with Crippen LogP contribution < -0.4 is 11.1 Å². The number of piperidine rings is 1. The first-order valence-electron chi connectivity index (χ1n) is 6.63.